The van der Waals surface area contributed by atoms with Crippen LogP contribution in [0.5, 0.6) is 0 Å². The second-order valence-corrected chi connectivity index (χ2v) is 6.59. The van der Waals surface area contributed by atoms with Crippen LogP contribution in [-0.4, -0.2) is 50.1 Å². The lowest BCUT2D eigenvalue weighted by atomic mass is 10.1. The fourth-order valence-corrected chi connectivity index (χ4v) is 3.47. The van der Waals surface area contributed by atoms with E-state index >= 15 is 0 Å². The van der Waals surface area contributed by atoms with Gasteiger partial charge in [0, 0.05) is 37.3 Å². The van der Waals surface area contributed by atoms with Crippen LogP contribution in [-0.2, 0) is 29.5 Å². The first kappa shape index (κ1) is 16.8. The first-order valence-corrected chi connectivity index (χ1v) is 8.98. The Kier molecular flexibility index (Phi) is 4.46. The number of hydrogen-bond donors (Lipinski definition) is 0. The summed E-state index contributed by atoms with van der Waals surface area (Å²) in [4.78, 5) is 14.7. The minimum absolute atomic E-state index is 0.0880. The number of carbonyl (C=O) groups excluding carboxylic acids is 1. The molecule has 3 aromatic rings. The molecule has 3 heterocycles. The average Bonchev–Trinajstić information content (AvgIpc) is 3.28. The summed E-state index contributed by atoms with van der Waals surface area (Å²) >= 11 is 0. The van der Waals surface area contributed by atoms with E-state index in [0.717, 1.165) is 28.7 Å². The summed E-state index contributed by atoms with van der Waals surface area (Å²) < 4.78 is 9.57. The summed E-state index contributed by atoms with van der Waals surface area (Å²) in [5, 5.41) is 9.88. The summed E-state index contributed by atoms with van der Waals surface area (Å²) in [5.74, 6) is 0.0880. The highest BCUT2D eigenvalue weighted by Gasteiger charge is 2.27. The maximum absolute atomic E-state index is 12.9. The quantitative estimate of drug-likeness (QED) is 0.719. The second kappa shape index (κ2) is 6.92. The van der Waals surface area contributed by atoms with Gasteiger partial charge in [-0.05, 0) is 13.0 Å². The molecule has 0 bridgehead atoms. The molecular formula is C19H23N5O2. The zero-order chi connectivity index (χ0) is 18.1. The van der Waals surface area contributed by atoms with Gasteiger partial charge in [-0.15, -0.1) is 0 Å². The number of fused-ring (bicyclic) bond motifs is 1. The zero-order valence-corrected chi connectivity index (χ0v) is 15.1. The van der Waals surface area contributed by atoms with Crippen molar-refractivity contribution in [3.8, 4) is 0 Å². The molecule has 136 valence electrons. The zero-order valence-electron chi connectivity index (χ0n) is 15.1. The molecule has 1 unspecified atom stereocenters. The predicted octanol–water partition coefficient (Wildman–Crippen LogP) is 1.93. The van der Waals surface area contributed by atoms with Gasteiger partial charge in [0.2, 0.25) is 5.91 Å². The maximum atomic E-state index is 12.9. The lowest BCUT2D eigenvalue weighted by Gasteiger charge is -2.32. The smallest absolute Gasteiger partial charge is 0.228 e. The third kappa shape index (κ3) is 3.10. The average molecular weight is 353 g/mol. The Hall–Kier alpha value is -2.67. The molecule has 0 radical (unpaired) electrons. The monoisotopic (exact) mass is 353 g/mol. The second-order valence-electron chi connectivity index (χ2n) is 6.59. The number of aromatic nitrogens is 4. The molecule has 1 fully saturated rings. The highest BCUT2D eigenvalue weighted by molar-refractivity contribution is 5.87. The Labute approximate surface area is 152 Å². The first-order chi connectivity index (χ1) is 12.7. The molecule has 1 aromatic carbocycles. The summed E-state index contributed by atoms with van der Waals surface area (Å²) in [7, 11) is 1.91. The van der Waals surface area contributed by atoms with Gasteiger partial charge in [-0.1, -0.05) is 18.2 Å². The minimum Gasteiger partial charge on any atom is -0.370 e. The third-order valence-corrected chi connectivity index (χ3v) is 4.92. The van der Waals surface area contributed by atoms with E-state index in [-0.39, 0.29) is 12.0 Å². The van der Waals surface area contributed by atoms with Crippen molar-refractivity contribution >= 4 is 16.8 Å². The van der Waals surface area contributed by atoms with Gasteiger partial charge in [-0.3, -0.25) is 14.2 Å². The molecule has 4 rings (SSSR count). The van der Waals surface area contributed by atoms with Gasteiger partial charge in [0.1, 0.15) is 6.10 Å². The van der Waals surface area contributed by atoms with E-state index in [4.69, 9.17) is 4.74 Å². The molecule has 0 aliphatic carbocycles. The molecule has 1 aliphatic heterocycles. The number of ether oxygens (including phenoxy) is 1. The Morgan fingerprint density at radius 2 is 2.19 bits per heavy atom. The SMILES string of the molecule is CCn1cc(C2CN(C(=O)Cc3nn(C)c4ccccc34)CCO2)cn1. The van der Waals surface area contributed by atoms with Crippen molar-refractivity contribution in [1.82, 2.24) is 24.5 Å². The van der Waals surface area contributed by atoms with E-state index in [1.807, 2.05) is 64.9 Å². The van der Waals surface area contributed by atoms with Gasteiger partial charge < -0.3 is 9.64 Å². The van der Waals surface area contributed by atoms with E-state index in [0.29, 0.717) is 26.1 Å². The fourth-order valence-electron chi connectivity index (χ4n) is 3.47. The Morgan fingerprint density at radius 3 is 3.00 bits per heavy atom. The molecule has 7 nitrogen and oxygen atoms in total. The summed E-state index contributed by atoms with van der Waals surface area (Å²) in [6.07, 6.45) is 4.01. The van der Waals surface area contributed by atoms with Gasteiger partial charge in [0.25, 0.3) is 0 Å². The van der Waals surface area contributed by atoms with Crippen LogP contribution in [0.2, 0.25) is 0 Å². The third-order valence-electron chi connectivity index (χ3n) is 4.92. The number of nitrogens with zero attached hydrogens (tertiary/aromatic N) is 5. The molecule has 7 heteroatoms. The lowest BCUT2D eigenvalue weighted by molar-refractivity contribution is -0.138. The normalized spacial score (nSPS) is 17.8. The van der Waals surface area contributed by atoms with Crippen molar-refractivity contribution in [1.29, 1.82) is 0 Å². The van der Waals surface area contributed by atoms with E-state index in [2.05, 4.69) is 10.2 Å². The number of rotatable bonds is 4. The summed E-state index contributed by atoms with van der Waals surface area (Å²) in [5.41, 5.74) is 2.89. The Balaban J connectivity index is 1.49. The largest absolute Gasteiger partial charge is 0.370 e. The van der Waals surface area contributed by atoms with Crippen molar-refractivity contribution in [3.63, 3.8) is 0 Å². The van der Waals surface area contributed by atoms with E-state index in [1.165, 1.54) is 0 Å². The van der Waals surface area contributed by atoms with Gasteiger partial charge in [0.05, 0.1) is 37.0 Å². The lowest BCUT2D eigenvalue weighted by Crippen LogP contribution is -2.43. The van der Waals surface area contributed by atoms with Gasteiger partial charge in [-0.2, -0.15) is 10.2 Å². The van der Waals surface area contributed by atoms with Crippen LogP contribution in [0.15, 0.2) is 36.7 Å². The molecule has 0 spiro atoms. The number of hydrogen-bond acceptors (Lipinski definition) is 4. The van der Waals surface area contributed by atoms with Gasteiger partial charge in [0.15, 0.2) is 0 Å². The standard InChI is InChI=1S/C19H23N5O2/c1-3-24-12-14(11-20-24)18-13-23(8-9-26-18)19(25)10-16-15-6-4-5-7-17(15)22(2)21-16/h4-7,11-12,18H,3,8-10,13H2,1-2H3. The summed E-state index contributed by atoms with van der Waals surface area (Å²) in [6, 6.07) is 8.01. The molecule has 2 aromatic heterocycles. The molecule has 26 heavy (non-hydrogen) atoms. The highest BCUT2D eigenvalue weighted by atomic mass is 16.5. The van der Waals surface area contributed by atoms with E-state index < -0.39 is 0 Å². The van der Waals surface area contributed by atoms with E-state index in [9.17, 15) is 4.79 Å². The van der Waals surface area contributed by atoms with Crippen molar-refractivity contribution in [2.75, 3.05) is 19.7 Å². The molecule has 1 saturated heterocycles. The van der Waals surface area contributed by atoms with Crippen LogP contribution in [0.1, 0.15) is 24.3 Å². The molecule has 0 N–H and O–H groups in total. The van der Waals surface area contributed by atoms with Crippen molar-refractivity contribution in [2.24, 2.45) is 7.05 Å². The van der Waals surface area contributed by atoms with Crippen LogP contribution >= 0.6 is 0 Å². The van der Waals surface area contributed by atoms with Crippen LogP contribution < -0.4 is 0 Å². The summed E-state index contributed by atoms with van der Waals surface area (Å²) in [6.45, 7) is 4.57. The molecule has 0 saturated carbocycles. The number of carbonyl (C=O) groups is 1. The molecular weight excluding hydrogens is 330 g/mol. The van der Waals surface area contributed by atoms with Gasteiger partial charge in [-0.25, -0.2) is 0 Å². The predicted molar refractivity (Wildman–Crippen MR) is 97.6 cm³/mol. The van der Waals surface area contributed by atoms with Crippen molar-refractivity contribution < 1.29 is 9.53 Å². The van der Waals surface area contributed by atoms with Crippen LogP contribution in [0.4, 0.5) is 0 Å². The molecule has 1 aliphatic rings. The van der Waals surface area contributed by atoms with Gasteiger partial charge >= 0.3 is 0 Å². The van der Waals surface area contributed by atoms with Crippen LogP contribution in [0.3, 0.4) is 0 Å². The fraction of sp³-hybridized carbons (Fsp3) is 0.421. The molecule has 1 atom stereocenters. The van der Waals surface area contributed by atoms with Crippen molar-refractivity contribution in [2.45, 2.75) is 26.0 Å². The number of para-hydroxylation sites is 1. The highest BCUT2D eigenvalue weighted by Crippen LogP contribution is 2.23. The van der Waals surface area contributed by atoms with Crippen LogP contribution in [0, 0.1) is 0 Å². The number of morpholine rings is 1. The topological polar surface area (TPSA) is 65.2 Å². The Bertz CT molecular complexity index is 929. The Morgan fingerprint density at radius 1 is 1.35 bits per heavy atom. The first-order valence-electron chi connectivity index (χ1n) is 8.98. The van der Waals surface area contributed by atoms with Crippen molar-refractivity contribution in [3.05, 3.63) is 47.9 Å². The van der Waals surface area contributed by atoms with Crippen LogP contribution in [0.25, 0.3) is 10.9 Å². The number of benzene rings is 1. The maximum Gasteiger partial charge on any atom is 0.228 e. The van der Waals surface area contributed by atoms with E-state index in [1.54, 1.807) is 0 Å². The number of amides is 1. The number of aryl methyl sites for hydroxylation is 2. The molecule has 1 amide bonds. The minimum atomic E-state index is -0.117.